The lowest BCUT2D eigenvalue weighted by Gasteiger charge is -2.27. The zero-order valence-electron chi connectivity index (χ0n) is 13.5. The second kappa shape index (κ2) is 7.22. The lowest BCUT2D eigenvalue weighted by molar-refractivity contribution is 0.0945. The number of rotatable bonds is 4. The van der Waals surface area contributed by atoms with Gasteiger partial charge in [-0.3, -0.25) is 4.79 Å². The monoisotopic (exact) mass is 310 g/mol. The quantitative estimate of drug-likeness (QED) is 0.943. The first-order valence-electron chi connectivity index (χ1n) is 8.15. The lowest BCUT2D eigenvalue weighted by atomic mass is 10.1. The van der Waals surface area contributed by atoms with Gasteiger partial charge in [-0.05, 0) is 49.4 Å². The number of nitrogens with one attached hydrogen (secondary N) is 1. The van der Waals surface area contributed by atoms with Crippen molar-refractivity contribution in [3.8, 4) is 0 Å². The smallest absolute Gasteiger partial charge is 0.272 e. The second-order valence-corrected chi connectivity index (χ2v) is 5.93. The van der Waals surface area contributed by atoms with Crippen molar-refractivity contribution in [3.63, 3.8) is 0 Å². The minimum absolute atomic E-state index is 0.189. The van der Waals surface area contributed by atoms with Crippen LogP contribution in [0.15, 0.2) is 36.4 Å². The summed E-state index contributed by atoms with van der Waals surface area (Å²) < 4.78 is 0. The van der Waals surface area contributed by atoms with Gasteiger partial charge < -0.3 is 10.2 Å². The topological polar surface area (TPSA) is 58.1 Å². The maximum absolute atomic E-state index is 12.2. The zero-order chi connectivity index (χ0) is 16.1. The Hall–Kier alpha value is -2.43. The predicted molar refractivity (Wildman–Crippen MR) is 90.4 cm³/mol. The van der Waals surface area contributed by atoms with Gasteiger partial charge in [0.25, 0.3) is 5.91 Å². The first kappa shape index (κ1) is 15.5. The average Bonchev–Trinajstić information content (AvgIpc) is 2.62. The molecule has 0 unspecified atom stereocenters. The van der Waals surface area contributed by atoms with Gasteiger partial charge in [0.2, 0.25) is 0 Å². The molecule has 1 aromatic heterocycles. The minimum atomic E-state index is -0.189. The zero-order valence-corrected chi connectivity index (χ0v) is 13.5. The van der Waals surface area contributed by atoms with E-state index in [0.29, 0.717) is 12.2 Å². The van der Waals surface area contributed by atoms with Crippen LogP contribution in [-0.2, 0) is 6.54 Å². The molecular formula is C18H22N4O. The lowest BCUT2D eigenvalue weighted by Crippen LogP contribution is -2.31. The van der Waals surface area contributed by atoms with E-state index in [1.807, 2.05) is 37.3 Å². The maximum atomic E-state index is 12.2. The Morgan fingerprint density at radius 2 is 1.87 bits per heavy atom. The summed E-state index contributed by atoms with van der Waals surface area (Å²) in [4.78, 5) is 14.4. The molecule has 1 aromatic carbocycles. The van der Waals surface area contributed by atoms with Crippen LogP contribution >= 0.6 is 0 Å². The molecule has 0 radical (unpaired) electrons. The number of hydrogen-bond donors (Lipinski definition) is 1. The summed E-state index contributed by atoms with van der Waals surface area (Å²) in [6, 6.07) is 11.7. The van der Waals surface area contributed by atoms with Crippen LogP contribution < -0.4 is 10.2 Å². The number of aromatic nitrogens is 2. The molecular weight excluding hydrogens is 288 g/mol. The standard InChI is InChI=1S/C18H22N4O/c1-14-7-3-4-8-15(14)13-19-18(23)16-9-10-17(21-20-16)22-11-5-2-6-12-22/h3-4,7-10H,2,5-6,11-13H2,1H3,(H,19,23). The van der Waals surface area contributed by atoms with Crippen LogP contribution in [0.3, 0.4) is 0 Å². The second-order valence-electron chi connectivity index (χ2n) is 5.93. The molecule has 1 fully saturated rings. The Morgan fingerprint density at radius 3 is 2.57 bits per heavy atom. The van der Waals surface area contributed by atoms with Gasteiger partial charge in [0, 0.05) is 19.6 Å². The van der Waals surface area contributed by atoms with Crippen molar-refractivity contribution in [1.29, 1.82) is 0 Å². The number of aryl methyl sites for hydroxylation is 1. The van der Waals surface area contributed by atoms with E-state index in [1.165, 1.54) is 24.8 Å². The molecule has 23 heavy (non-hydrogen) atoms. The minimum Gasteiger partial charge on any atom is -0.355 e. The van der Waals surface area contributed by atoms with Gasteiger partial charge in [0.1, 0.15) is 0 Å². The SMILES string of the molecule is Cc1ccccc1CNC(=O)c1ccc(N2CCCCC2)nn1. The molecule has 3 rings (SSSR count). The first-order valence-corrected chi connectivity index (χ1v) is 8.15. The van der Waals surface area contributed by atoms with Crippen molar-refractivity contribution in [3.05, 3.63) is 53.2 Å². The molecule has 120 valence electrons. The first-order chi connectivity index (χ1) is 11.2. The van der Waals surface area contributed by atoms with Crippen molar-refractivity contribution >= 4 is 11.7 Å². The molecule has 0 saturated carbocycles. The average molecular weight is 310 g/mol. The van der Waals surface area contributed by atoms with Gasteiger partial charge in [-0.15, -0.1) is 10.2 Å². The summed E-state index contributed by atoms with van der Waals surface area (Å²) in [6.07, 6.45) is 3.67. The number of amides is 1. The summed E-state index contributed by atoms with van der Waals surface area (Å²) in [5, 5.41) is 11.2. The van der Waals surface area contributed by atoms with Gasteiger partial charge in [-0.2, -0.15) is 0 Å². The van der Waals surface area contributed by atoms with E-state index in [2.05, 4.69) is 20.4 Å². The molecule has 2 aromatic rings. The van der Waals surface area contributed by atoms with Crippen LogP contribution in [0, 0.1) is 6.92 Å². The summed E-state index contributed by atoms with van der Waals surface area (Å²) in [5.41, 5.74) is 2.64. The van der Waals surface area contributed by atoms with Crippen LogP contribution in [0.5, 0.6) is 0 Å². The highest BCUT2D eigenvalue weighted by molar-refractivity contribution is 5.92. The highest BCUT2D eigenvalue weighted by Gasteiger charge is 2.14. The van der Waals surface area contributed by atoms with Crippen molar-refractivity contribution in [1.82, 2.24) is 15.5 Å². The van der Waals surface area contributed by atoms with E-state index in [0.717, 1.165) is 24.5 Å². The van der Waals surface area contributed by atoms with Gasteiger partial charge in [-0.1, -0.05) is 24.3 Å². The van der Waals surface area contributed by atoms with E-state index in [1.54, 1.807) is 6.07 Å². The fourth-order valence-electron chi connectivity index (χ4n) is 2.81. The fourth-order valence-corrected chi connectivity index (χ4v) is 2.81. The molecule has 0 bridgehead atoms. The van der Waals surface area contributed by atoms with Gasteiger partial charge in [0.15, 0.2) is 11.5 Å². The number of anilines is 1. The fraction of sp³-hybridized carbons (Fsp3) is 0.389. The largest absolute Gasteiger partial charge is 0.355 e. The van der Waals surface area contributed by atoms with Crippen molar-refractivity contribution in [2.24, 2.45) is 0 Å². The Morgan fingerprint density at radius 1 is 1.09 bits per heavy atom. The molecule has 1 amide bonds. The van der Waals surface area contributed by atoms with Crippen molar-refractivity contribution in [2.45, 2.75) is 32.7 Å². The molecule has 0 atom stereocenters. The van der Waals surface area contributed by atoms with E-state index >= 15 is 0 Å². The number of hydrogen-bond acceptors (Lipinski definition) is 4. The Labute approximate surface area is 136 Å². The molecule has 5 nitrogen and oxygen atoms in total. The van der Waals surface area contributed by atoms with E-state index in [4.69, 9.17) is 0 Å². The summed E-state index contributed by atoms with van der Waals surface area (Å²) >= 11 is 0. The third-order valence-electron chi connectivity index (χ3n) is 4.26. The Balaban J connectivity index is 1.60. The number of carbonyl (C=O) groups is 1. The van der Waals surface area contributed by atoms with Crippen LogP contribution in [0.1, 0.15) is 40.9 Å². The summed E-state index contributed by atoms with van der Waals surface area (Å²) in [6.45, 7) is 4.58. The van der Waals surface area contributed by atoms with Crippen LogP contribution in [-0.4, -0.2) is 29.2 Å². The highest BCUT2D eigenvalue weighted by Crippen LogP contribution is 2.16. The number of benzene rings is 1. The van der Waals surface area contributed by atoms with Crippen LogP contribution in [0.4, 0.5) is 5.82 Å². The summed E-state index contributed by atoms with van der Waals surface area (Å²) in [7, 11) is 0. The third-order valence-corrected chi connectivity index (χ3v) is 4.26. The molecule has 1 aliphatic heterocycles. The normalized spacial score (nSPS) is 14.6. The molecule has 5 heteroatoms. The molecule has 1 N–H and O–H groups in total. The Bertz CT molecular complexity index is 663. The Kier molecular flexibility index (Phi) is 4.86. The van der Waals surface area contributed by atoms with E-state index in [-0.39, 0.29) is 5.91 Å². The van der Waals surface area contributed by atoms with E-state index < -0.39 is 0 Å². The van der Waals surface area contributed by atoms with Gasteiger partial charge in [-0.25, -0.2) is 0 Å². The number of piperidine rings is 1. The highest BCUT2D eigenvalue weighted by atomic mass is 16.1. The number of nitrogens with zero attached hydrogens (tertiary/aromatic N) is 3. The van der Waals surface area contributed by atoms with Gasteiger partial charge >= 0.3 is 0 Å². The van der Waals surface area contributed by atoms with Crippen molar-refractivity contribution < 1.29 is 4.79 Å². The molecule has 0 aliphatic carbocycles. The molecule has 2 heterocycles. The van der Waals surface area contributed by atoms with Crippen LogP contribution in [0.25, 0.3) is 0 Å². The molecule has 1 saturated heterocycles. The van der Waals surface area contributed by atoms with E-state index in [9.17, 15) is 4.79 Å². The van der Waals surface area contributed by atoms with Crippen LogP contribution in [0.2, 0.25) is 0 Å². The summed E-state index contributed by atoms with van der Waals surface area (Å²) in [5.74, 6) is 0.672. The molecule has 1 aliphatic rings. The van der Waals surface area contributed by atoms with Gasteiger partial charge in [0.05, 0.1) is 0 Å². The maximum Gasteiger partial charge on any atom is 0.272 e. The number of carbonyl (C=O) groups excluding carboxylic acids is 1. The predicted octanol–water partition coefficient (Wildman–Crippen LogP) is 2.71. The van der Waals surface area contributed by atoms with Crippen molar-refractivity contribution in [2.75, 3.05) is 18.0 Å². The molecule has 0 spiro atoms. The third kappa shape index (κ3) is 3.86.